The number of hydrogen-bond acceptors (Lipinski definition) is 8. The van der Waals surface area contributed by atoms with Gasteiger partial charge in [-0.1, -0.05) is 18.2 Å². The third-order valence-electron chi connectivity index (χ3n) is 7.13. The molecule has 218 valence electrons. The van der Waals surface area contributed by atoms with Crippen molar-refractivity contribution in [3.8, 4) is 11.5 Å². The van der Waals surface area contributed by atoms with Crippen LogP contribution in [0.4, 0.5) is 17.1 Å². The number of esters is 1. The molecule has 1 aliphatic rings. The Balaban J connectivity index is 1.25. The minimum absolute atomic E-state index is 0.0169. The van der Waals surface area contributed by atoms with Gasteiger partial charge in [-0.15, -0.1) is 0 Å². The molecule has 9 nitrogen and oxygen atoms in total. The number of nitrogens with one attached hydrogen (secondary N) is 2. The summed E-state index contributed by atoms with van der Waals surface area (Å²) in [7, 11) is 1.57. The lowest BCUT2D eigenvalue weighted by Crippen LogP contribution is -2.35. The maximum atomic E-state index is 12.5. The number of carbonyl (C=O) groups excluding carboxylic acids is 2. The van der Waals surface area contributed by atoms with Gasteiger partial charge in [-0.2, -0.15) is 0 Å². The van der Waals surface area contributed by atoms with Gasteiger partial charge in [0.05, 0.1) is 29.4 Å². The lowest BCUT2D eigenvalue weighted by atomic mass is 10.1. The van der Waals surface area contributed by atoms with E-state index in [2.05, 4.69) is 31.5 Å². The average molecular weight is 634 g/mol. The fraction of sp³-hybridized carbons (Fsp3) is 0.281. The first-order valence-corrected chi connectivity index (χ1v) is 14.7. The van der Waals surface area contributed by atoms with E-state index in [1.54, 1.807) is 31.5 Å². The first-order chi connectivity index (χ1) is 20.4. The molecule has 5 rings (SSSR count). The van der Waals surface area contributed by atoms with Gasteiger partial charge in [0.2, 0.25) is 0 Å². The van der Waals surface area contributed by atoms with E-state index in [9.17, 15) is 9.59 Å². The molecule has 1 aromatic heterocycles. The Morgan fingerprint density at radius 1 is 1.02 bits per heavy atom. The van der Waals surface area contributed by atoms with Crippen LogP contribution in [0.3, 0.4) is 0 Å². The molecule has 0 unspecified atom stereocenters. The molecule has 1 saturated carbocycles. The third kappa shape index (κ3) is 7.18. The van der Waals surface area contributed by atoms with E-state index < -0.39 is 6.04 Å². The Morgan fingerprint density at radius 2 is 1.74 bits per heavy atom. The van der Waals surface area contributed by atoms with Crippen LogP contribution in [-0.4, -0.2) is 42.7 Å². The normalized spacial score (nSPS) is 13.9. The number of ether oxygens (including phenoxy) is 3. The first-order valence-electron chi connectivity index (χ1n) is 13.9. The highest BCUT2D eigenvalue weighted by atomic mass is 79.9. The molecule has 4 aromatic rings. The van der Waals surface area contributed by atoms with E-state index in [-0.39, 0.29) is 24.6 Å². The minimum atomic E-state index is -0.750. The quantitative estimate of drug-likeness (QED) is 0.158. The largest absolute Gasteiger partial charge is 0.493 e. The summed E-state index contributed by atoms with van der Waals surface area (Å²) < 4.78 is 17.9. The number of carbonyl (C=O) groups is 2. The van der Waals surface area contributed by atoms with Crippen molar-refractivity contribution >= 4 is 55.8 Å². The number of rotatable bonds is 11. The SMILES string of the molecule is COc1cc2c(Nc3ccc(NC(=O)c4ccccc4)cc3)c(Br)cnc2cc1OCC[C@H](N)C(=O)OC1CCCC1. The summed E-state index contributed by atoms with van der Waals surface area (Å²) in [6.45, 7) is 0.220. The zero-order valence-electron chi connectivity index (χ0n) is 23.3. The summed E-state index contributed by atoms with van der Waals surface area (Å²) in [6.07, 6.45) is 5.99. The molecule has 1 heterocycles. The van der Waals surface area contributed by atoms with Crippen LogP contribution in [0.25, 0.3) is 10.9 Å². The molecule has 0 aliphatic heterocycles. The van der Waals surface area contributed by atoms with Crippen LogP contribution < -0.4 is 25.8 Å². The second-order valence-corrected chi connectivity index (χ2v) is 11.0. The number of amides is 1. The van der Waals surface area contributed by atoms with Crippen molar-refractivity contribution in [2.45, 2.75) is 44.2 Å². The third-order valence-corrected chi connectivity index (χ3v) is 7.73. The topological polar surface area (TPSA) is 125 Å². The Morgan fingerprint density at radius 3 is 2.45 bits per heavy atom. The number of methoxy groups -OCH3 is 1. The van der Waals surface area contributed by atoms with E-state index >= 15 is 0 Å². The van der Waals surface area contributed by atoms with Crippen LogP contribution in [0.1, 0.15) is 42.5 Å². The Bertz CT molecular complexity index is 1540. The number of nitrogens with two attached hydrogens (primary N) is 1. The van der Waals surface area contributed by atoms with Gasteiger partial charge in [0.1, 0.15) is 12.1 Å². The molecule has 1 fully saturated rings. The number of hydrogen-bond donors (Lipinski definition) is 3. The second-order valence-electron chi connectivity index (χ2n) is 10.1. The monoisotopic (exact) mass is 632 g/mol. The molecule has 10 heteroatoms. The molecular formula is C32H33BrN4O5. The van der Waals surface area contributed by atoms with E-state index in [4.69, 9.17) is 19.9 Å². The van der Waals surface area contributed by atoms with E-state index in [1.165, 1.54) is 0 Å². The van der Waals surface area contributed by atoms with Gasteiger partial charge in [0, 0.05) is 41.0 Å². The molecular weight excluding hydrogens is 600 g/mol. The van der Waals surface area contributed by atoms with Crippen molar-refractivity contribution in [2.24, 2.45) is 5.73 Å². The zero-order chi connectivity index (χ0) is 29.5. The fourth-order valence-electron chi connectivity index (χ4n) is 4.82. The van der Waals surface area contributed by atoms with E-state index in [0.29, 0.717) is 34.7 Å². The number of aromatic nitrogens is 1. The minimum Gasteiger partial charge on any atom is -0.493 e. The number of nitrogens with zero attached hydrogens (tertiary/aromatic N) is 1. The summed E-state index contributed by atoms with van der Waals surface area (Å²) in [6, 6.07) is 19.4. The predicted octanol–water partition coefficient (Wildman–Crippen LogP) is 6.58. The molecule has 4 N–H and O–H groups in total. The van der Waals surface area contributed by atoms with Gasteiger partial charge in [-0.05, 0) is 84.1 Å². The maximum absolute atomic E-state index is 12.5. The van der Waals surface area contributed by atoms with Gasteiger partial charge in [0.25, 0.3) is 5.91 Å². The lowest BCUT2D eigenvalue weighted by molar-refractivity contribution is -0.150. The van der Waals surface area contributed by atoms with Crippen LogP contribution in [0.2, 0.25) is 0 Å². The van der Waals surface area contributed by atoms with Crippen molar-refractivity contribution in [1.29, 1.82) is 0 Å². The zero-order valence-corrected chi connectivity index (χ0v) is 24.9. The van der Waals surface area contributed by atoms with Crippen LogP contribution >= 0.6 is 15.9 Å². The predicted molar refractivity (Wildman–Crippen MR) is 167 cm³/mol. The van der Waals surface area contributed by atoms with Crippen LogP contribution in [0.15, 0.2) is 77.4 Å². The molecule has 0 radical (unpaired) electrons. The van der Waals surface area contributed by atoms with Crippen LogP contribution in [0.5, 0.6) is 11.5 Å². The van der Waals surface area contributed by atoms with Crippen LogP contribution in [0, 0.1) is 0 Å². The second kappa shape index (κ2) is 13.7. The Labute approximate surface area is 252 Å². The van der Waals surface area contributed by atoms with Crippen LogP contribution in [-0.2, 0) is 9.53 Å². The maximum Gasteiger partial charge on any atom is 0.323 e. The van der Waals surface area contributed by atoms with E-state index in [0.717, 1.165) is 46.9 Å². The Hall–Kier alpha value is -4.15. The van der Waals surface area contributed by atoms with Crippen molar-refractivity contribution in [2.75, 3.05) is 24.4 Å². The number of fused-ring (bicyclic) bond motifs is 1. The summed E-state index contributed by atoms with van der Waals surface area (Å²) >= 11 is 3.60. The Kier molecular flexibility index (Phi) is 9.55. The smallest absolute Gasteiger partial charge is 0.323 e. The summed E-state index contributed by atoms with van der Waals surface area (Å²) in [5, 5.41) is 7.15. The fourth-order valence-corrected chi connectivity index (χ4v) is 5.24. The van der Waals surface area contributed by atoms with Crippen molar-refractivity contribution in [1.82, 2.24) is 4.98 Å². The highest BCUT2D eigenvalue weighted by molar-refractivity contribution is 9.10. The molecule has 1 aliphatic carbocycles. The molecule has 1 amide bonds. The summed E-state index contributed by atoms with van der Waals surface area (Å²) in [4.78, 5) is 29.3. The molecule has 42 heavy (non-hydrogen) atoms. The van der Waals surface area contributed by atoms with Crippen molar-refractivity contribution < 1.29 is 23.8 Å². The van der Waals surface area contributed by atoms with Gasteiger partial charge < -0.3 is 30.6 Å². The standard InChI is InChI=1S/C32H33BrN4O5/c1-40-28-17-24-27(18-29(28)41-16-15-26(34)32(39)42-23-9-5-6-10-23)35-19-25(33)30(24)36-21-11-13-22(14-12-21)37-31(38)20-7-3-2-4-8-20/h2-4,7-8,11-14,17-19,23,26H,5-6,9-10,15-16,34H2,1H3,(H,35,36)(H,37,38)/t26-/m0/s1. The van der Waals surface area contributed by atoms with Gasteiger partial charge in [0.15, 0.2) is 11.5 Å². The highest BCUT2D eigenvalue weighted by Gasteiger charge is 2.23. The molecule has 3 aromatic carbocycles. The van der Waals surface area contributed by atoms with Crippen molar-refractivity contribution in [3.63, 3.8) is 0 Å². The summed E-state index contributed by atoms with van der Waals surface area (Å²) in [5.41, 5.74) is 9.63. The average Bonchev–Trinajstić information content (AvgIpc) is 3.52. The number of pyridine rings is 1. The lowest BCUT2D eigenvalue weighted by Gasteiger charge is -2.17. The van der Waals surface area contributed by atoms with Gasteiger partial charge in [-0.25, -0.2) is 0 Å². The van der Waals surface area contributed by atoms with Gasteiger partial charge in [-0.3, -0.25) is 14.6 Å². The summed E-state index contributed by atoms with van der Waals surface area (Å²) in [5.74, 6) is 0.465. The molecule has 0 spiro atoms. The molecule has 0 saturated heterocycles. The number of benzene rings is 3. The molecule has 1 atom stereocenters. The number of halogens is 1. The first kappa shape index (κ1) is 29.3. The highest BCUT2D eigenvalue weighted by Crippen LogP contribution is 2.39. The number of anilines is 3. The van der Waals surface area contributed by atoms with Crippen molar-refractivity contribution in [3.05, 3.63) is 83.0 Å². The van der Waals surface area contributed by atoms with Gasteiger partial charge >= 0.3 is 5.97 Å². The van der Waals surface area contributed by atoms with E-state index in [1.807, 2.05) is 48.5 Å². The molecule has 0 bridgehead atoms.